The highest BCUT2D eigenvalue weighted by atomic mass is 19.1. The number of hydrogen-bond donors (Lipinski definition) is 2. The van der Waals surface area contributed by atoms with Gasteiger partial charge in [0, 0.05) is 13.2 Å². The summed E-state index contributed by atoms with van der Waals surface area (Å²) in [5.74, 6) is -0.391. The predicted octanol–water partition coefficient (Wildman–Crippen LogP) is 2.63. The van der Waals surface area contributed by atoms with Crippen LogP contribution in [0.3, 0.4) is 0 Å². The second-order valence-corrected chi connectivity index (χ2v) is 3.79. The van der Waals surface area contributed by atoms with E-state index >= 15 is 0 Å². The van der Waals surface area contributed by atoms with Crippen LogP contribution >= 0.6 is 0 Å². The SMILES string of the molecule is CCCC(COC)Nc1cccc(F)c1N. The molecule has 0 aliphatic rings. The molecule has 90 valence electrons. The maximum atomic E-state index is 13.2. The Kier molecular flexibility index (Phi) is 5.05. The molecule has 0 aliphatic heterocycles. The third-order valence-corrected chi connectivity index (χ3v) is 2.42. The zero-order chi connectivity index (χ0) is 12.0. The summed E-state index contributed by atoms with van der Waals surface area (Å²) >= 11 is 0. The van der Waals surface area contributed by atoms with E-state index in [2.05, 4.69) is 12.2 Å². The van der Waals surface area contributed by atoms with Gasteiger partial charge < -0.3 is 15.8 Å². The van der Waals surface area contributed by atoms with Crippen LogP contribution in [-0.2, 0) is 4.74 Å². The quantitative estimate of drug-likeness (QED) is 0.733. The van der Waals surface area contributed by atoms with Gasteiger partial charge in [-0.15, -0.1) is 0 Å². The number of rotatable bonds is 6. The summed E-state index contributed by atoms with van der Waals surface area (Å²) in [6, 6.07) is 4.94. The standard InChI is InChI=1S/C12H19FN2O/c1-3-5-9(8-16-2)15-11-7-4-6-10(13)12(11)14/h4,6-7,9,15H,3,5,8,14H2,1-2H3. The lowest BCUT2D eigenvalue weighted by Crippen LogP contribution is -2.25. The van der Waals surface area contributed by atoms with Crippen molar-refractivity contribution in [2.24, 2.45) is 0 Å². The predicted molar refractivity (Wildman–Crippen MR) is 65.0 cm³/mol. The van der Waals surface area contributed by atoms with Crippen molar-refractivity contribution in [1.82, 2.24) is 0 Å². The van der Waals surface area contributed by atoms with Crippen LogP contribution in [0.25, 0.3) is 0 Å². The van der Waals surface area contributed by atoms with E-state index in [-0.39, 0.29) is 11.7 Å². The van der Waals surface area contributed by atoms with Gasteiger partial charge in [0.15, 0.2) is 0 Å². The highest BCUT2D eigenvalue weighted by Gasteiger charge is 2.10. The minimum absolute atomic E-state index is 0.166. The molecule has 0 aromatic heterocycles. The number of halogens is 1. The first-order valence-corrected chi connectivity index (χ1v) is 5.48. The number of hydrogen-bond acceptors (Lipinski definition) is 3. The van der Waals surface area contributed by atoms with Crippen LogP contribution in [0.4, 0.5) is 15.8 Å². The maximum absolute atomic E-state index is 13.2. The van der Waals surface area contributed by atoms with Crippen molar-refractivity contribution in [2.45, 2.75) is 25.8 Å². The molecular formula is C12H19FN2O. The molecule has 0 aliphatic carbocycles. The average molecular weight is 226 g/mol. The van der Waals surface area contributed by atoms with Gasteiger partial charge in [-0.3, -0.25) is 0 Å². The Morgan fingerprint density at radius 3 is 2.88 bits per heavy atom. The van der Waals surface area contributed by atoms with E-state index in [1.807, 2.05) is 0 Å². The summed E-state index contributed by atoms with van der Waals surface area (Å²) in [4.78, 5) is 0. The van der Waals surface area contributed by atoms with E-state index in [1.54, 1.807) is 19.2 Å². The molecule has 4 heteroatoms. The number of nitrogens with two attached hydrogens (primary N) is 1. The van der Waals surface area contributed by atoms with Gasteiger partial charge in [-0.05, 0) is 18.6 Å². The van der Waals surface area contributed by atoms with Crippen LogP contribution in [0.1, 0.15) is 19.8 Å². The Hall–Kier alpha value is -1.29. The molecule has 16 heavy (non-hydrogen) atoms. The molecule has 0 amide bonds. The van der Waals surface area contributed by atoms with Crippen molar-refractivity contribution in [3.8, 4) is 0 Å². The molecule has 3 N–H and O–H groups in total. The molecule has 3 nitrogen and oxygen atoms in total. The van der Waals surface area contributed by atoms with E-state index in [0.29, 0.717) is 12.3 Å². The summed E-state index contributed by atoms with van der Waals surface area (Å²) in [7, 11) is 1.65. The number of anilines is 2. The van der Waals surface area contributed by atoms with Crippen molar-refractivity contribution < 1.29 is 9.13 Å². The fraction of sp³-hybridized carbons (Fsp3) is 0.500. The number of benzene rings is 1. The zero-order valence-corrected chi connectivity index (χ0v) is 9.79. The van der Waals surface area contributed by atoms with Crippen LogP contribution < -0.4 is 11.1 Å². The molecule has 1 aromatic carbocycles. The molecule has 0 bridgehead atoms. The van der Waals surface area contributed by atoms with Crippen molar-refractivity contribution >= 4 is 11.4 Å². The Bertz CT molecular complexity index is 325. The monoisotopic (exact) mass is 226 g/mol. The summed E-state index contributed by atoms with van der Waals surface area (Å²) in [5, 5.41) is 3.20. The minimum Gasteiger partial charge on any atom is -0.395 e. The fourth-order valence-corrected chi connectivity index (χ4v) is 1.63. The van der Waals surface area contributed by atoms with E-state index in [9.17, 15) is 4.39 Å². The van der Waals surface area contributed by atoms with Crippen LogP contribution in [0, 0.1) is 5.82 Å². The first-order valence-electron chi connectivity index (χ1n) is 5.48. The second kappa shape index (κ2) is 6.33. The molecule has 1 rings (SSSR count). The summed E-state index contributed by atoms with van der Waals surface area (Å²) in [6.07, 6.45) is 2.00. The van der Waals surface area contributed by atoms with Crippen molar-refractivity contribution in [2.75, 3.05) is 24.8 Å². The lowest BCUT2D eigenvalue weighted by Gasteiger charge is -2.19. The highest BCUT2D eigenvalue weighted by molar-refractivity contribution is 5.66. The molecule has 0 radical (unpaired) electrons. The Balaban J connectivity index is 2.72. The van der Waals surface area contributed by atoms with Gasteiger partial charge in [0.1, 0.15) is 5.82 Å². The van der Waals surface area contributed by atoms with Gasteiger partial charge >= 0.3 is 0 Å². The molecule has 0 saturated carbocycles. The number of nitrogens with one attached hydrogen (secondary N) is 1. The van der Waals surface area contributed by atoms with Crippen LogP contribution in [-0.4, -0.2) is 19.8 Å². The second-order valence-electron chi connectivity index (χ2n) is 3.79. The van der Waals surface area contributed by atoms with Gasteiger partial charge in [0.2, 0.25) is 0 Å². The summed E-state index contributed by atoms with van der Waals surface area (Å²) in [5.41, 5.74) is 6.45. The van der Waals surface area contributed by atoms with Gasteiger partial charge in [-0.1, -0.05) is 19.4 Å². The minimum atomic E-state index is -0.391. The topological polar surface area (TPSA) is 47.3 Å². The molecule has 0 heterocycles. The molecule has 1 unspecified atom stereocenters. The smallest absolute Gasteiger partial charge is 0.148 e. The first kappa shape index (κ1) is 12.8. The van der Waals surface area contributed by atoms with E-state index in [1.165, 1.54) is 6.07 Å². The van der Waals surface area contributed by atoms with Gasteiger partial charge in [-0.2, -0.15) is 0 Å². The number of para-hydroxylation sites is 1. The Labute approximate surface area is 95.8 Å². The normalized spacial score (nSPS) is 12.4. The van der Waals surface area contributed by atoms with Crippen molar-refractivity contribution in [3.05, 3.63) is 24.0 Å². The molecule has 0 spiro atoms. The first-order chi connectivity index (χ1) is 7.69. The Morgan fingerprint density at radius 2 is 2.25 bits per heavy atom. The summed E-state index contributed by atoms with van der Waals surface area (Å²) in [6.45, 7) is 2.68. The van der Waals surface area contributed by atoms with Crippen molar-refractivity contribution in [1.29, 1.82) is 0 Å². The van der Waals surface area contributed by atoms with E-state index in [0.717, 1.165) is 12.8 Å². The maximum Gasteiger partial charge on any atom is 0.148 e. The molecule has 0 saturated heterocycles. The number of methoxy groups -OCH3 is 1. The van der Waals surface area contributed by atoms with Crippen molar-refractivity contribution in [3.63, 3.8) is 0 Å². The molecule has 1 aromatic rings. The van der Waals surface area contributed by atoms with Gasteiger partial charge in [-0.25, -0.2) is 4.39 Å². The molecule has 0 fully saturated rings. The van der Waals surface area contributed by atoms with Crippen LogP contribution in [0.15, 0.2) is 18.2 Å². The lowest BCUT2D eigenvalue weighted by atomic mass is 10.1. The van der Waals surface area contributed by atoms with Crippen LogP contribution in [0.2, 0.25) is 0 Å². The van der Waals surface area contributed by atoms with Crippen LogP contribution in [0.5, 0.6) is 0 Å². The van der Waals surface area contributed by atoms with Gasteiger partial charge in [0.25, 0.3) is 0 Å². The number of nitrogen functional groups attached to an aromatic ring is 1. The fourth-order valence-electron chi connectivity index (χ4n) is 1.63. The average Bonchev–Trinajstić information content (AvgIpc) is 2.25. The number of ether oxygens (including phenoxy) is 1. The highest BCUT2D eigenvalue weighted by Crippen LogP contribution is 2.22. The van der Waals surface area contributed by atoms with E-state index < -0.39 is 5.82 Å². The molecule has 1 atom stereocenters. The van der Waals surface area contributed by atoms with Gasteiger partial charge in [0.05, 0.1) is 18.0 Å². The Morgan fingerprint density at radius 1 is 1.50 bits per heavy atom. The summed E-state index contributed by atoms with van der Waals surface area (Å²) < 4.78 is 18.3. The largest absolute Gasteiger partial charge is 0.395 e. The third-order valence-electron chi connectivity index (χ3n) is 2.42. The van der Waals surface area contributed by atoms with E-state index in [4.69, 9.17) is 10.5 Å². The zero-order valence-electron chi connectivity index (χ0n) is 9.79. The third kappa shape index (κ3) is 3.38. The molecular weight excluding hydrogens is 207 g/mol. The lowest BCUT2D eigenvalue weighted by molar-refractivity contribution is 0.182.